The van der Waals surface area contributed by atoms with Crippen LogP contribution in [0.3, 0.4) is 0 Å². The van der Waals surface area contributed by atoms with Gasteiger partial charge < -0.3 is 9.62 Å². The van der Waals surface area contributed by atoms with E-state index in [1.807, 2.05) is 30.3 Å². The van der Waals surface area contributed by atoms with Gasteiger partial charge in [0.25, 0.3) is 0 Å². The molecule has 0 saturated heterocycles. The first kappa shape index (κ1) is 21.0. The average molecular weight is 451 g/mol. The number of rotatable bonds is 8. The second kappa shape index (κ2) is 9.70. The largest absolute Gasteiger partial charge is 0.457 e. The van der Waals surface area contributed by atoms with Gasteiger partial charge in [-0.05, 0) is 72.8 Å². The van der Waals surface area contributed by atoms with Crippen molar-refractivity contribution < 1.29 is 22.4 Å². The molecule has 4 aromatic carbocycles. The Balaban J connectivity index is 1.35. The lowest BCUT2D eigenvalue weighted by molar-refractivity contribution is -0.0777. The second-order valence-electron chi connectivity index (χ2n) is 6.41. The van der Waals surface area contributed by atoms with E-state index in [1.54, 1.807) is 66.7 Å². The minimum atomic E-state index is -3.55. The fraction of sp³-hybridized carbons (Fsp3) is 0. The van der Waals surface area contributed by atoms with E-state index in [4.69, 9.17) is 14.0 Å². The molecule has 0 unspecified atom stereocenters. The van der Waals surface area contributed by atoms with Crippen LogP contribution in [-0.4, -0.2) is 8.42 Å². The number of hydrogen-bond acceptors (Lipinski definition) is 6. The molecule has 0 N–H and O–H groups in total. The summed E-state index contributed by atoms with van der Waals surface area (Å²) in [5.41, 5.74) is 0. The fourth-order valence-electron chi connectivity index (χ4n) is 2.69. The predicted octanol–water partition coefficient (Wildman–Crippen LogP) is 6.33. The summed E-state index contributed by atoms with van der Waals surface area (Å²) >= 11 is 1.09. The monoisotopic (exact) mass is 450 g/mol. The number of hydrogen-bond donors (Lipinski definition) is 0. The molecule has 0 bridgehead atoms. The molecule has 0 radical (unpaired) electrons. The summed E-state index contributed by atoms with van der Waals surface area (Å²) in [6, 6.07) is 31.2. The Bertz CT molecular complexity index is 1210. The lowest BCUT2D eigenvalue weighted by Crippen LogP contribution is -2.01. The van der Waals surface area contributed by atoms with Crippen LogP contribution in [0.5, 0.6) is 17.2 Å². The number of sulfone groups is 1. The van der Waals surface area contributed by atoms with E-state index in [1.165, 1.54) is 12.1 Å². The zero-order valence-electron chi connectivity index (χ0n) is 16.3. The van der Waals surface area contributed by atoms with Crippen LogP contribution in [0.15, 0.2) is 124 Å². The Hall–Kier alpha value is -3.26. The SMILES string of the molecule is O=S(=O)(c1ccccc1)c1ccc(Oc2ccc(SOOc3ccccc3)cc2)cc1. The van der Waals surface area contributed by atoms with Crippen molar-refractivity contribution in [3.8, 4) is 17.2 Å². The molecule has 4 rings (SSSR count). The first-order valence-corrected chi connectivity index (χ1v) is 11.6. The number of ether oxygens (including phenoxy) is 1. The van der Waals surface area contributed by atoms with E-state index in [0.29, 0.717) is 17.2 Å². The van der Waals surface area contributed by atoms with Crippen LogP contribution < -0.4 is 9.62 Å². The van der Waals surface area contributed by atoms with Crippen LogP contribution in [0.2, 0.25) is 0 Å². The number of benzene rings is 4. The van der Waals surface area contributed by atoms with Crippen LogP contribution >= 0.6 is 12.0 Å². The molecular weight excluding hydrogens is 432 g/mol. The van der Waals surface area contributed by atoms with Gasteiger partial charge in [0, 0.05) is 4.90 Å². The van der Waals surface area contributed by atoms with Gasteiger partial charge in [-0.2, -0.15) is 0 Å². The third kappa shape index (κ3) is 5.46. The van der Waals surface area contributed by atoms with Crippen molar-refractivity contribution in [2.24, 2.45) is 0 Å². The Morgan fingerprint density at radius 2 is 1.06 bits per heavy atom. The van der Waals surface area contributed by atoms with Crippen molar-refractivity contribution in [2.45, 2.75) is 14.7 Å². The van der Waals surface area contributed by atoms with E-state index in [9.17, 15) is 8.42 Å². The maximum absolute atomic E-state index is 12.7. The van der Waals surface area contributed by atoms with Crippen LogP contribution in [0, 0.1) is 0 Å². The standard InChI is InChI=1S/C24H18O5S2/c25-31(26,23-9-5-2-6-10-23)24-17-13-20(14-18-24)27-19-11-15-22(16-12-19)30-29-28-21-7-3-1-4-8-21/h1-18H. The third-order valence-electron chi connectivity index (χ3n) is 4.25. The van der Waals surface area contributed by atoms with Crippen molar-refractivity contribution in [2.75, 3.05) is 0 Å². The van der Waals surface area contributed by atoms with Gasteiger partial charge in [0.15, 0.2) is 5.75 Å². The molecule has 5 nitrogen and oxygen atoms in total. The summed E-state index contributed by atoms with van der Waals surface area (Å²) in [4.78, 5) is 6.50. The van der Waals surface area contributed by atoms with Gasteiger partial charge in [-0.1, -0.05) is 36.4 Å². The molecule has 4 aromatic rings. The van der Waals surface area contributed by atoms with Crippen LogP contribution in [-0.2, 0) is 14.2 Å². The minimum absolute atomic E-state index is 0.216. The van der Waals surface area contributed by atoms with Crippen molar-refractivity contribution in [3.63, 3.8) is 0 Å². The lowest BCUT2D eigenvalue weighted by atomic mass is 10.3. The van der Waals surface area contributed by atoms with Crippen LogP contribution in [0.1, 0.15) is 0 Å². The number of para-hydroxylation sites is 1. The zero-order valence-corrected chi connectivity index (χ0v) is 17.9. The first-order valence-electron chi connectivity index (χ1n) is 9.36. The van der Waals surface area contributed by atoms with Crippen molar-refractivity contribution in [1.29, 1.82) is 0 Å². The van der Waals surface area contributed by atoms with E-state index >= 15 is 0 Å². The molecule has 0 heterocycles. The molecule has 156 valence electrons. The maximum atomic E-state index is 12.7. The van der Waals surface area contributed by atoms with Crippen molar-refractivity contribution in [1.82, 2.24) is 0 Å². The molecule has 0 amide bonds. The molecule has 0 spiro atoms. The third-order valence-corrected chi connectivity index (χ3v) is 6.64. The summed E-state index contributed by atoms with van der Waals surface area (Å²) in [6.45, 7) is 0. The van der Waals surface area contributed by atoms with E-state index < -0.39 is 9.84 Å². The molecule has 0 aliphatic rings. The molecule has 0 atom stereocenters. The maximum Gasteiger partial charge on any atom is 0.206 e. The van der Waals surface area contributed by atoms with Crippen molar-refractivity contribution in [3.05, 3.63) is 109 Å². The smallest absolute Gasteiger partial charge is 0.206 e. The quantitative estimate of drug-likeness (QED) is 0.178. The highest BCUT2D eigenvalue weighted by molar-refractivity contribution is 7.94. The van der Waals surface area contributed by atoms with Gasteiger partial charge in [-0.15, -0.1) is 4.33 Å². The Morgan fingerprint density at radius 1 is 0.548 bits per heavy atom. The average Bonchev–Trinajstić information content (AvgIpc) is 2.82. The summed E-state index contributed by atoms with van der Waals surface area (Å²) in [5, 5.41) is 0. The van der Waals surface area contributed by atoms with Gasteiger partial charge in [-0.25, -0.2) is 8.42 Å². The summed E-state index contributed by atoms with van der Waals surface area (Å²) < 4.78 is 36.3. The topological polar surface area (TPSA) is 61.8 Å². The van der Waals surface area contributed by atoms with Crippen LogP contribution in [0.4, 0.5) is 0 Å². The Morgan fingerprint density at radius 3 is 1.68 bits per heavy atom. The Labute approximate surface area is 185 Å². The van der Waals surface area contributed by atoms with Crippen molar-refractivity contribution >= 4 is 21.9 Å². The molecule has 0 aliphatic carbocycles. The molecule has 0 aliphatic heterocycles. The van der Waals surface area contributed by atoms with Gasteiger partial charge in [0.1, 0.15) is 11.5 Å². The molecule has 0 fully saturated rings. The molecule has 0 aromatic heterocycles. The first-order chi connectivity index (χ1) is 15.1. The normalized spacial score (nSPS) is 11.1. The highest BCUT2D eigenvalue weighted by atomic mass is 32.2. The predicted molar refractivity (Wildman–Crippen MR) is 119 cm³/mol. The van der Waals surface area contributed by atoms with E-state index in [-0.39, 0.29) is 9.79 Å². The highest BCUT2D eigenvalue weighted by Gasteiger charge is 2.17. The van der Waals surface area contributed by atoms with Gasteiger partial charge in [0.2, 0.25) is 9.84 Å². The highest BCUT2D eigenvalue weighted by Crippen LogP contribution is 2.28. The van der Waals surface area contributed by atoms with Crippen LogP contribution in [0.25, 0.3) is 0 Å². The summed E-state index contributed by atoms with van der Waals surface area (Å²) in [7, 11) is -3.55. The molecule has 0 saturated carbocycles. The van der Waals surface area contributed by atoms with E-state index in [0.717, 1.165) is 16.9 Å². The van der Waals surface area contributed by atoms with Gasteiger partial charge in [0.05, 0.1) is 21.8 Å². The molecule has 31 heavy (non-hydrogen) atoms. The van der Waals surface area contributed by atoms with E-state index in [2.05, 4.69) is 0 Å². The fourth-order valence-corrected chi connectivity index (χ4v) is 4.41. The van der Waals surface area contributed by atoms with Gasteiger partial charge in [-0.3, -0.25) is 0 Å². The van der Waals surface area contributed by atoms with Gasteiger partial charge >= 0.3 is 0 Å². The summed E-state index contributed by atoms with van der Waals surface area (Å²) in [6.07, 6.45) is 0. The minimum Gasteiger partial charge on any atom is -0.457 e. The lowest BCUT2D eigenvalue weighted by Gasteiger charge is -2.08. The summed E-state index contributed by atoms with van der Waals surface area (Å²) in [5.74, 6) is 1.77. The molecule has 7 heteroatoms. The second-order valence-corrected chi connectivity index (χ2v) is 9.13. The molecular formula is C24H18O5S2. The Kier molecular flexibility index (Phi) is 6.57. The zero-order chi connectivity index (χ0) is 21.5.